The van der Waals surface area contributed by atoms with Crippen molar-refractivity contribution in [3.63, 3.8) is 0 Å². The number of nitrogens with zero attached hydrogens (tertiary/aromatic N) is 2. The molecule has 1 aromatic carbocycles. The molecule has 1 aliphatic heterocycles. The average molecular weight is 274 g/mol. The highest BCUT2D eigenvalue weighted by Crippen LogP contribution is 2.35. The van der Waals surface area contributed by atoms with E-state index in [2.05, 4.69) is 46.1 Å². The Morgan fingerprint density at radius 1 is 0.952 bits per heavy atom. The van der Waals surface area contributed by atoms with Gasteiger partial charge in [0.2, 0.25) is 0 Å². The highest BCUT2D eigenvalue weighted by Gasteiger charge is 2.13. The zero-order chi connectivity index (χ0) is 14.2. The van der Waals surface area contributed by atoms with Crippen LogP contribution in [-0.4, -0.2) is 16.7 Å². The predicted molar refractivity (Wildman–Crippen MR) is 84.2 cm³/mol. The number of rotatable bonds is 2. The molecule has 0 fully saturated rings. The fourth-order valence-electron chi connectivity index (χ4n) is 2.79. The molecule has 2 aliphatic rings. The summed E-state index contributed by atoms with van der Waals surface area (Å²) in [6.45, 7) is 0. The zero-order valence-corrected chi connectivity index (χ0v) is 11.7. The van der Waals surface area contributed by atoms with Crippen molar-refractivity contribution in [3.05, 3.63) is 67.1 Å². The van der Waals surface area contributed by atoms with Gasteiger partial charge in [-0.2, -0.15) is 0 Å². The fraction of sp³-hybridized carbons (Fsp3) is 0.0556. The van der Waals surface area contributed by atoms with Crippen LogP contribution in [-0.2, 0) is 0 Å². The molecule has 1 aromatic heterocycles. The number of hydrogen-bond donors (Lipinski definition) is 0. The van der Waals surface area contributed by atoms with E-state index in [1.807, 2.05) is 30.6 Å². The molecule has 3 nitrogen and oxygen atoms in total. The lowest BCUT2D eigenvalue weighted by atomic mass is 10.2. The fourth-order valence-corrected chi connectivity index (χ4v) is 2.79. The van der Waals surface area contributed by atoms with E-state index in [1.165, 1.54) is 22.0 Å². The molecule has 0 atom stereocenters. The van der Waals surface area contributed by atoms with Crippen LogP contribution < -0.4 is 4.74 Å². The van der Waals surface area contributed by atoms with E-state index >= 15 is 0 Å². The Morgan fingerprint density at radius 2 is 1.76 bits per heavy atom. The molecule has 0 saturated heterocycles. The van der Waals surface area contributed by atoms with Crippen molar-refractivity contribution in [2.24, 2.45) is 0 Å². The first kappa shape index (κ1) is 12.0. The summed E-state index contributed by atoms with van der Waals surface area (Å²) in [5, 5.41) is 1.24. The van der Waals surface area contributed by atoms with Crippen molar-refractivity contribution in [2.75, 3.05) is 7.11 Å². The molecule has 0 saturated carbocycles. The van der Waals surface area contributed by atoms with Crippen LogP contribution >= 0.6 is 0 Å². The Labute approximate surface area is 122 Å². The predicted octanol–water partition coefficient (Wildman–Crippen LogP) is 4.14. The maximum absolute atomic E-state index is 5.22. The lowest BCUT2D eigenvalue weighted by Gasteiger charge is -2.07. The molecule has 0 spiro atoms. The lowest BCUT2D eigenvalue weighted by molar-refractivity contribution is 0.415. The summed E-state index contributed by atoms with van der Waals surface area (Å²) in [6.07, 6.45) is 5.78. The summed E-state index contributed by atoms with van der Waals surface area (Å²) >= 11 is 0. The van der Waals surface area contributed by atoms with Crippen LogP contribution in [0.5, 0.6) is 5.75 Å². The molecule has 102 valence electrons. The molecule has 0 N–H and O–H groups in total. The Morgan fingerprint density at radius 3 is 2.57 bits per heavy atom. The average Bonchev–Trinajstić information content (AvgIpc) is 2.99. The lowest BCUT2D eigenvalue weighted by Crippen LogP contribution is -1.92. The summed E-state index contributed by atoms with van der Waals surface area (Å²) in [5.74, 6) is 0.866. The van der Waals surface area contributed by atoms with Gasteiger partial charge in [0.15, 0.2) is 0 Å². The molecule has 3 heteroatoms. The minimum atomic E-state index is 0.866. The third kappa shape index (κ3) is 1.86. The van der Waals surface area contributed by atoms with Crippen molar-refractivity contribution in [1.29, 1.82) is 0 Å². The van der Waals surface area contributed by atoms with Gasteiger partial charge in [0.1, 0.15) is 5.75 Å². The standard InChI is InChI=1S/C18H14N2O/c1-21-16-4-2-15(3-5-16)20-11-8-14-12-13-6-9-19-10-7-17(13)18(14)20/h2-12H,1H3. The number of methoxy groups -OCH3 is 1. The Bertz CT molecular complexity index is 877. The first-order valence-corrected chi connectivity index (χ1v) is 6.85. The summed E-state index contributed by atoms with van der Waals surface area (Å²) in [7, 11) is 1.68. The van der Waals surface area contributed by atoms with Gasteiger partial charge in [0, 0.05) is 35.2 Å². The molecule has 21 heavy (non-hydrogen) atoms. The normalized spacial score (nSPS) is 11.1. The third-order valence-electron chi connectivity index (χ3n) is 3.81. The van der Waals surface area contributed by atoms with Crippen molar-refractivity contribution in [2.45, 2.75) is 0 Å². The molecule has 1 aliphatic carbocycles. The maximum atomic E-state index is 5.22. The van der Waals surface area contributed by atoms with Crippen molar-refractivity contribution < 1.29 is 4.74 Å². The van der Waals surface area contributed by atoms with Gasteiger partial charge < -0.3 is 9.30 Å². The molecular formula is C18H14N2O. The number of benzene rings is 1. The molecular weight excluding hydrogens is 260 g/mol. The SMILES string of the molecule is COc1ccc(-n2ccc3cc4ccnccc-4c32)cc1. The third-order valence-corrected chi connectivity index (χ3v) is 3.81. The largest absolute Gasteiger partial charge is 0.497 e. The molecule has 0 radical (unpaired) electrons. The number of ether oxygens (including phenoxy) is 1. The van der Waals surface area contributed by atoms with E-state index in [0.29, 0.717) is 0 Å². The maximum Gasteiger partial charge on any atom is 0.119 e. The van der Waals surface area contributed by atoms with E-state index in [0.717, 1.165) is 11.4 Å². The topological polar surface area (TPSA) is 27.1 Å². The summed E-state index contributed by atoms with van der Waals surface area (Å²) < 4.78 is 7.43. The van der Waals surface area contributed by atoms with Crippen molar-refractivity contribution in [3.8, 4) is 22.6 Å². The van der Waals surface area contributed by atoms with Gasteiger partial charge in [-0.15, -0.1) is 0 Å². The van der Waals surface area contributed by atoms with Crippen LogP contribution in [0.4, 0.5) is 0 Å². The number of fused-ring (bicyclic) bond motifs is 3. The van der Waals surface area contributed by atoms with Gasteiger partial charge in [-0.1, -0.05) is 0 Å². The van der Waals surface area contributed by atoms with Crippen LogP contribution in [0.15, 0.2) is 67.1 Å². The Kier molecular flexibility index (Phi) is 2.64. The van der Waals surface area contributed by atoms with Gasteiger partial charge in [0.05, 0.1) is 12.6 Å². The highest BCUT2D eigenvalue weighted by molar-refractivity contribution is 6.01. The smallest absolute Gasteiger partial charge is 0.119 e. The monoisotopic (exact) mass is 274 g/mol. The van der Waals surface area contributed by atoms with Crippen LogP contribution in [0.1, 0.15) is 0 Å². The van der Waals surface area contributed by atoms with Crippen LogP contribution in [0, 0.1) is 0 Å². The first-order chi connectivity index (χ1) is 10.4. The number of aromatic nitrogens is 2. The minimum Gasteiger partial charge on any atom is -0.497 e. The molecule has 0 unspecified atom stereocenters. The van der Waals surface area contributed by atoms with Crippen molar-refractivity contribution >= 4 is 10.9 Å². The van der Waals surface area contributed by atoms with E-state index < -0.39 is 0 Å². The molecule has 2 heterocycles. The Balaban J connectivity index is 1.96. The second-order valence-electron chi connectivity index (χ2n) is 4.98. The van der Waals surface area contributed by atoms with E-state index in [-0.39, 0.29) is 0 Å². The zero-order valence-electron chi connectivity index (χ0n) is 11.7. The van der Waals surface area contributed by atoms with Gasteiger partial charge in [-0.25, -0.2) is 0 Å². The minimum absolute atomic E-state index is 0.866. The van der Waals surface area contributed by atoms with Crippen LogP contribution in [0.25, 0.3) is 27.7 Å². The van der Waals surface area contributed by atoms with Crippen LogP contribution in [0.2, 0.25) is 0 Å². The molecule has 0 amide bonds. The summed E-state index contributed by atoms with van der Waals surface area (Å²) in [4.78, 5) is 4.19. The second-order valence-corrected chi connectivity index (χ2v) is 4.98. The van der Waals surface area contributed by atoms with Crippen molar-refractivity contribution in [1.82, 2.24) is 9.55 Å². The molecule has 2 aromatic rings. The van der Waals surface area contributed by atoms with E-state index in [9.17, 15) is 0 Å². The summed E-state index contributed by atoms with van der Waals surface area (Å²) in [5.41, 5.74) is 4.76. The van der Waals surface area contributed by atoms with Gasteiger partial charge in [-0.05, 0) is 54.1 Å². The Hall–Kier alpha value is -2.81. The number of hydrogen-bond acceptors (Lipinski definition) is 2. The highest BCUT2D eigenvalue weighted by atomic mass is 16.5. The second kappa shape index (κ2) is 4.63. The molecule has 0 bridgehead atoms. The van der Waals surface area contributed by atoms with Crippen LogP contribution in [0.3, 0.4) is 0 Å². The quantitative estimate of drug-likeness (QED) is 0.549. The van der Waals surface area contributed by atoms with E-state index in [4.69, 9.17) is 4.74 Å². The van der Waals surface area contributed by atoms with Gasteiger partial charge in [0.25, 0.3) is 0 Å². The first-order valence-electron chi connectivity index (χ1n) is 6.85. The van der Waals surface area contributed by atoms with Gasteiger partial charge in [-0.3, -0.25) is 4.98 Å². The van der Waals surface area contributed by atoms with E-state index in [1.54, 1.807) is 7.11 Å². The van der Waals surface area contributed by atoms with Gasteiger partial charge >= 0.3 is 0 Å². The molecule has 4 rings (SSSR count). The summed E-state index contributed by atoms with van der Waals surface area (Å²) in [6, 6.07) is 16.6.